The highest BCUT2D eigenvalue weighted by molar-refractivity contribution is 6.29. The van der Waals surface area contributed by atoms with Crippen molar-refractivity contribution in [3.8, 4) is 0 Å². The molecule has 0 radical (unpaired) electrons. The van der Waals surface area contributed by atoms with Crippen LogP contribution in [0.5, 0.6) is 0 Å². The summed E-state index contributed by atoms with van der Waals surface area (Å²) in [6.07, 6.45) is 0. The lowest BCUT2D eigenvalue weighted by molar-refractivity contribution is 0.226. The number of nitrogens with zero attached hydrogens (tertiary/aromatic N) is 2. The Kier molecular flexibility index (Phi) is 5.15. The maximum atomic E-state index is 9.08. The molecule has 2 N–H and O–H groups in total. The molecule has 1 aromatic rings. The van der Waals surface area contributed by atoms with Gasteiger partial charge in [-0.05, 0) is 12.8 Å². The number of anilines is 1. The van der Waals surface area contributed by atoms with Gasteiger partial charge < -0.3 is 10.4 Å². The smallest absolute Gasteiger partial charge is 0.135 e. The van der Waals surface area contributed by atoms with Crippen molar-refractivity contribution >= 4 is 17.4 Å². The van der Waals surface area contributed by atoms with E-state index in [9.17, 15) is 0 Å². The Bertz CT molecular complexity index is 371. The number of hydrogen-bond donors (Lipinski definition) is 2. The minimum atomic E-state index is 0.131. The van der Waals surface area contributed by atoms with Crippen molar-refractivity contribution < 1.29 is 5.11 Å². The van der Waals surface area contributed by atoms with Crippen LogP contribution in [0.3, 0.4) is 0 Å². The van der Waals surface area contributed by atoms with E-state index in [0.717, 1.165) is 5.82 Å². The summed E-state index contributed by atoms with van der Waals surface area (Å²) in [7, 11) is 0. The molecule has 4 nitrogen and oxygen atoms in total. The van der Waals surface area contributed by atoms with Crippen LogP contribution in [-0.4, -0.2) is 27.7 Å². The minimum Gasteiger partial charge on any atom is -0.396 e. The molecular weight excluding hydrogens is 238 g/mol. The zero-order valence-corrected chi connectivity index (χ0v) is 11.5. The lowest BCUT2D eigenvalue weighted by Gasteiger charge is -2.20. The number of aliphatic hydroxyl groups excluding tert-OH is 1. The molecule has 17 heavy (non-hydrogen) atoms. The van der Waals surface area contributed by atoms with E-state index in [1.165, 1.54) is 0 Å². The summed E-state index contributed by atoms with van der Waals surface area (Å²) in [4.78, 5) is 8.57. The summed E-state index contributed by atoms with van der Waals surface area (Å²) in [5, 5.41) is 12.8. The standard InChI is InChI=1S/C12H20ClN3O/c1-7(2)12-15-10(13)5-11(16-12)14-9(4)8(3)6-17/h5,7-9,17H,6H2,1-4H3,(H,14,15,16). The molecular formula is C12H20ClN3O. The highest BCUT2D eigenvalue weighted by Gasteiger charge is 2.13. The molecule has 0 fully saturated rings. The van der Waals surface area contributed by atoms with Gasteiger partial charge in [0.2, 0.25) is 0 Å². The largest absolute Gasteiger partial charge is 0.396 e. The van der Waals surface area contributed by atoms with Gasteiger partial charge in [0, 0.05) is 24.6 Å². The van der Waals surface area contributed by atoms with Gasteiger partial charge in [-0.15, -0.1) is 0 Å². The van der Waals surface area contributed by atoms with Gasteiger partial charge in [0.25, 0.3) is 0 Å². The van der Waals surface area contributed by atoms with Crippen LogP contribution in [0, 0.1) is 5.92 Å². The van der Waals surface area contributed by atoms with E-state index < -0.39 is 0 Å². The van der Waals surface area contributed by atoms with E-state index in [1.54, 1.807) is 6.07 Å². The van der Waals surface area contributed by atoms with Gasteiger partial charge in [0.15, 0.2) is 0 Å². The van der Waals surface area contributed by atoms with Gasteiger partial charge >= 0.3 is 0 Å². The zero-order valence-electron chi connectivity index (χ0n) is 10.7. The predicted molar refractivity (Wildman–Crippen MR) is 70.5 cm³/mol. The number of aliphatic hydroxyl groups is 1. The molecule has 0 aliphatic heterocycles. The first kappa shape index (κ1) is 14.2. The van der Waals surface area contributed by atoms with Gasteiger partial charge in [0.1, 0.15) is 16.8 Å². The molecule has 0 saturated heterocycles. The summed E-state index contributed by atoms with van der Waals surface area (Å²) in [6.45, 7) is 8.17. The number of nitrogens with one attached hydrogen (secondary N) is 1. The molecule has 0 aliphatic rings. The molecule has 0 amide bonds. The third-order valence-electron chi connectivity index (χ3n) is 2.75. The molecule has 5 heteroatoms. The lowest BCUT2D eigenvalue weighted by Crippen LogP contribution is -2.27. The van der Waals surface area contributed by atoms with Crippen LogP contribution in [0.15, 0.2) is 6.07 Å². The molecule has 96 valence electrons. The molecule has 0 saturated carbocycles. The number of rotatable bonds is 5. The van der Waals surface area contributed by atoms with Gasteiger partial charge in [-0.1, -0.05) is 32.4 Å². The van der Waals surface area contributed by atoms with Crippen molar-refractivity contribution in [2.45, 2.75) is 39.7 Å². The monoisotopic (exact) mass is 257 g/mol. The van der Waals surface area contributed by atoms with Crippen molar-refractivity contribution in [1.29, 1.82) is 0 Å². The van der Waals surface area contributed by atoms with Gasteiger partial charge in [-0.2, -0.15) is 0 Å². The predicted octanol–water partition coefficient (Wildman–Crippen LogP) is 2.68. The van der Waals surface area contributed by atoms with Crippen LogP contribution in [-0.2, 0) is 0 Å². The Labute approximate surface area is 107 Å². The second-order valence-corrected chi connectivity index (χ2v) is 5.07. The molecule has 1 heterocycles. The highest BCUT2D eigenvalue weighted by Crippen LogP contribution is 2.18. The van der Waals surface area contributed by atoms with Gasteiger partial charge in [0.05, 0.1) is 0 Å². The third-order valence-corrected chi connectivity index (χ3v) is 2.94. The first-order valence-electron chi connectivity index (χ1n) is 5.86. The average Bonchev–Trinajstić information content (AvgIpc) is 2.26. The summed E-state index contributed by atoms with van der Waals surface area (Å²) < 4.78 is 0. The normalized spacial score (nSPS) is 14.8. The second-order valence-electron chi connectivity index (χ2n) is 4.68. The van der Waals surface area contributed by atoms with Crippen molar-refractivity contribution in [2.75, 3.05) is 11.9 Å². The summed E-state index contributed by atoms with van der Waals surface area (Å²) >= 11 is 5.95. The van der Waals surface area contributed by atoms with Crippen molar-refractivity contribution in [3.63, 3.8) is 0 Å². The highest BCUT2D eigenvalue weighted by atomic mass is 35.5. The Morgan fingerprint density at radius 3 is 2.47 bits per heavy atom. The minimum absolute atomic E-state index is 0.131. The van der Waals surface area contributed by atoms with Crippen LogP contribution in [0.4, 0.5) is 5.82 Å². The third kappa shape index (κ3) is 4.13. The second kappa shape index (κ2) is 6.17. The van der Waals surface area contributed by atoms with Crippen molar-refractivity contribution in [1.82, 2.24) is 9.97 Å². The maximum absolute atomic E-state index is 9.08. The van der Waals surface area contributed by atoms with E-state index in [-0.39, 0.29) is 24.5 Å². The summed E-state index contributed by atoms with van der Waals surface area (Å²) in [5.74, 6) is 1.83. The Balaban J connectivity index is 2.84. The van der Waals surface area contributed by atoms with E-state index >= 15 is 0 Å². The molecule has 2 atom stereocenters. The zero-order chi connectivity index (χ0) is 13.0. The Morgan fingerprint density at radius 1 is 1.29 bits per heavy atom. The number of hydrogen-bond acceptors (Lipinski definition) is 4. The van der Waals surface area contributed by atoms with E-state index in [4.69, 9.17) is 16.7 Å². The molecule has 0 spiro atoms. The molecule has 2 unspecified atom stereocenters. The van der Waals surface area contributed by atoms with Crippen LogP contribution in [0.1, 0.15) is 39.4 Å². The SMILES string of the molecule is CC(C)c1nc(Cl)cc(NC(C)C(C)CO)n1. The maximum Gasteiger partial charge on any atom is 0.135 e. The molecule has 0 aliphatic carbocycles. The number of halogens is 1. The quantitative estimate of drug-likeness (QED) is 0.797. The van der Waals surface area contributed by atoms with Crippen molar-refractivity contribution in [2.24, 2.45) is 5.92 Å². The summed E-state index contributed by atoms with van der Waals surface area (Å²) in [6, 6.07) is 1.83. The van der Waals surface area contributed by atoms with Gasteiger partial charge in [-0.25, -0.2) is 9.97 Å². The fraction of sp³-hybridized carbons (Fsp3) is 0.667. The van der Waals surface area contributed by atoms with Crippen LogP contribution >= 0.6 is 11.6 Å². The molecule has 0 bridgehead atoms. The number of aromatic nitrogens is 2. The first-order chi connectivity index (χ1) is 7.93. The molecule has 1 rings (SSSR count). The topological polar surface area (TPSA) is 58.0 Å². The van der Waals surface area contributed by atoms with E-state index in [0.29, 0.717) is 11.0 Å². The van der Waals surface area contributed by atoms with E-state index in [1.807, 2.05) is 27.7 Å². The molecule has 0 aromatic carbocycles. The molecule has 1 aromatic heterocycles. The van der Waals surface area contributed by atoms with Crippen LogP contribution < -0.4 is 5.32 Å². The first-order valence-corrected chi connectivity index (χ1v) is 6.23. The van der Waals surface area contributed by atoms with Crippen LogP contribution in [0.2, 0.25) is 5.15 Å². The Hall–Kier alpha value is -0.870. The fourth-order valence-corrected chi connectivity index (χ4v) is 1.49. The lowest BCUT2D eigenvalue weighted by atomic mass is 10.1. The Morgan fingerprint density at radius 2 is 1.94 bits per heavy atom. The fourth-order valence-electron chi connectivity index (χ4n) is 1.30. The van der Waals surface area contributed by atoms with Gasteiger partial charge in [-0.3, -0.25) is 0 Å². The van der Waals surface area contributed by atoms with Crippen molar-refractivity contribution in [3.05, 3.63) is 17.0 Å². The van der Waals surface area contributed by atoms with Crippen LogP contribution in [0.25, 0.3) is 0 Å². The summed E-state index contributed by atoms with van der Waals surface area (Å²) in [5.41, 5.74) is 0. The average molecular weight is 258 g/mol. The van der Waals surface area contributed by atoms with E-state index in [2.05, 4.69) is 15.3 Å².